The molecule has 0 aliphatic heterocycles. The Hall–Kier alpha value is 2.09. The molecule has 0 aromatic heterocycles. The Morgan fingerprint density at radius 1 is 1.00 bits per heavy atom. The van der Waals surface area contributed by atoms with Gasteiger partial charge in [0.15, 0.2) is 0 Å². The van der Waals surface area contributed by atoms with E-state index in [4.69, 9.17) is 15.1 Å². The Balaban J connectivity index is -0.0000000450. The van der Waals surface area contributed by atoms with Gasteiger partial charge in [0.05, 0.1) is 0 Å². The molecule has 6 heavy (non-hydrogen) atoms. The van der Waals surface area contributed by atoms with Crippen molar-refractivity contribution in [3.05, 3.63) is 0 Å². The summed E-state index contributed by atoms with van der Waals surface area (Å²) in [6.45, 7) is 0. The van der Waals surface area contributed by atoms with E-state index in [2.05, 4.69) is 0 Å². The molecule has 0 bridgehead atoms. The van der Waals surface area contributed by atoms with Crippen molar-refractivity contribution >= 4 is 30.4 Å². The second kappa shape index (κ2) is 10.1. The zero-order valence-electron chi connectivity index (χ0n) is 3.01. The van der Waals surface area contributed by atoms with Gasteiger partial charge in [-0.15, -0.1) is 0 Å². The molecule has 0 heterocycles. The molecular formula is BCeMgO3+2. The van der Waals surface area contributed by atoms with Crippen LogP contribution in [0.5, 0.6) is 0 Å². The summed E-state index contributed by atoms with van der Waals surface area (Å²) in [6.07, 6.45) is 0. The van der Waals surface area contributed by atoms with Crippen LogP contribution in [-0.2, 0) is 0 Å². The van der Waals surface area contributed by atoms with Crippen LogP contribution in [0.2, 0.25) is 0 Å². The summed E-state index contributed by atoms with van der Waals surface area (Å²) in [5.41, 5.74) is 0. The van der Waals surface area contributed by atoms with E-state index in [9.17, 15) is 0 Å². The molecule has 0 saturated carbocycles. The smallest absolute Gasteiger partial charge is 0.907 e. The van der Waals surface area contributed by atoms with Crippen molar-refractivity contribution in [3.8, 4) is 0 Å². The minimum atomic E-state index is -2.92. The van der Waals surface area contributed by atoms with Crippen LogP contribution in [-0.4, -0.2) is 30.4 Å². The molecule has 25 valence electrons. The van der Waals surface area contributed by atoms with E-state index in [1.165, 1.54) is 0 Å². The fourth-order valence-electron chi connectivity index (χ4n) is 0. The van der Waals surface area contributed by atoms with Crippen LogP contribution < -0.4 is 15.1 Å². The van der Waals surface area contributed by atoms with Crippen molar-refractivity contribution in [2.75, 3.05) is 0 Å². The zero-order valence-corrected chi connectivity index (χ0v) is 7.56. The molecule has 0 aromatic rings. The predicted octanol–water partition coefficient (Wildman–Crippen LogP) is -4.33. The second-order valence-corrected chi connectivity index (χ2v) is 0.289. The quantitative estimate of drug-likeness (QED) is 0.390. The minimum absolute atomic E-state index is 0. The number of hydrogen-bond donors (Lipinski definition) is 0. The topological polar surface area (TPSA) is 69.2 Å². The fraction of sp³-hybridized carbons (Fsp3) is 0. The number of rotatable bonds is 0. The van der Waals surface area contributed by atoms with Gasteiger partial charge in [0.2, 0.25) is 0 Å². The molecule has 0 rings (SSSR count). The Bertz CT molecular complexity index is 15.5. The molecule has 0 aliphatic carbocycles. The Morgan fingerprint density at radius 2 is 1.00 bits per heavy atom. The predicted molar refractivity (Wildman–Crippen MR) is 11.5 cm³/mol. The van der Waals surface area contributed by atoms with E-state index in [0.29, 0.717) is 0 Å². The van der Waals surface area contributed by atoms with Crippen LogP contribution in [0.4, 0.5) is 0 Å². The molecular weight excluding hydrogens is 223 g/mol. The molecule has 0 aliphatic rings. The van der Waals surface area contributed by atoms with Crippen molar-refractivity contribution in [2.45, 2.75) is 0 Å². The first-order valence-electron chi connectivity index (χ1n) is 0.707. The van der Waals surface area contributed by atoms with Crippen LogP contribution in [0.3, 0.4) is 0 Å². The van der Waals surface area contributed by atoms with Gasteiger partial charge in [-0.05, 0) is 0 Å². The van der Waals surface area contributed by atoms with Crippen molar-refractivity contribution in [2.24, 2.45) is 0 Å². The summed E-state index contributed by atoms with van der Waals surface area (Å²) < 4.78 is 0. The van der Waals surface area contributed by atoms with Crippen molar-refractivity contribution in [3.63, 3.8) is 0 Å². The monoisotopic (exact) mass is 223 g/mol. The normalized spacial score (nSPS) is 4.50. The average Bonchev–Trinajstić information content (AvgIpc) is 0.811. The molecule has 3 nitrogen and oxygen atoms in total. The summed E-state index contributed by atoms with van der Waals surface area (Å²) in [7, 11) is -2.92. The summed E-state index contributed by atoms with van der Waals surface area (Å²) >= 11 is 0. The van der Waals surface area contributed by atoms with E-state index >= 15 is 0 Å². The van der Waals surface area contributed by atoms with Gasteiger partial charge in [0, 0.05) is 0 Å². The molecule has 0 atom stereocenters. The third kappa shape index (κ3) is 36.2. The van der Waals surface area contributed by atoms with E-state index in [0.717, 1.165) is 0 Å². The first-order valence-corrected chi connectivity index (χ1v) is 0.707. The minimum Gasteiger partial charge on any atom is -0.907 e. The van der Waals surface area contributed by atoms with Gasteiger partial charge in [0.25, 0.3) is 0 Å². The van der Waals surface area contributed by atoms with Gasteiger partial charge in [0.1, 0.15) is 0 Å². The van der Waals surface area contributed by atoms with Gasteiger partial charge in [-0.1, -0.05) is 0 Å². The van der Waals surface area contributed by atoms with E-state index in [1.807, 2.05) is 0 Å². The first-order chi connectivity index (χ1) is 1.73. The molecule has 6 heteroatoms. The summed E-state index contributed by atoms with van der Waals surface area (Å²) in [6, 6.07) is 0. The Labute approximate surface area is 85.8 Å². The molecule has 0 spiro atoms. The van der Waals surface area contributed by atoms with Gasteiger partial charge >= 0.3 is 64.8 Å². The third-order valence-corrected chi connectivity index (χ3v) is 0. The Kier molecular flexibility index (Phi) is 26.5. The SMILES string of the molecule is [Ce+3].[Mg+2].[O-]B([O-])[O-]. The van der Waals surface area contributed by atoms with Crippen LogP contribution in [0, 0.1) is 41.7 Å². The average molecular weight is 223 g/mol. The third-order valence-electron chi connectivity index (χ3n) is 0. The van der Waals surface area contributed by atoms with Crippen molar-refractivity contribution < 1.29 is 56.8 Å². The van der Waals surface area contributed by atoms with Gasteiger partial charge in [-0.3, -0.25) is 7.32 Å². The van der Waals surface area contributed by atoms with Gasteiger partial charge < -0.3 is 15.1 Å². The van der Waals surface area contributed by atoms with Gasteiger partial charge in [-0.25, -0.2) is 0 Å². The largest absolute Gasteiger partial charge is 3.00 e. The van der Waals surface area contributed by atoms with Crippen molar-refractivity contribution in [1.82, 2.24) is 0 Å². The number of hydrogen-bond acceptors (Lipinski definition) is 3. The zero-order chi connectivity index (χ0) is 3.58. The maximum atomic E-state index is 8.42. The van der Waals surface area contributed by atoms with Crippen LogP contribution in [0.25, 0.3) is 0 Å². The van der Waals surface area contributed by atoms with Gasteiger partial charge in [-0.2, -0.15) is 0 Å². The van der Waals surface area contributed by atoms with Crippen LogP contribution in [0.15, 0.2) is 0 Å². The molecule has 1 radical (unpaired) electrons. The van der Waals surface area contributed by atoms with Crippen molar-refractivity contribution in [1.29, 1.82) is 0 Å². The standard InChI is InChI=1S/BO3.Ce.Mg/c2-1(3)4;;/q-3;+3;+2. The van der Waals surface area contributed by atoms with E-state index < -0.39 is 7.32 Å². The molecule has 0 fully saturated rings. The first kappa shape index (κ1) is 15.7. The van der Waals surface area contributed by atoms with Crippen LogP contribution >= 0.6 is 0 Å². The fourth-order valence-corrected chi connectivity index (χ4v) is 0. The molecule has 0 unspecified atom stereocenters. The molecule has 0 aromatic carbocycles. The maximum absolute atomic E-state index is 8.42. The molecule has 0 saturated heterocycles. The molecule has 0 amide bonds. The summed E-state index contributed by atoms with van der Waals surface area (Å²) in [4.78, 5) is 0. The van der Waals surface area contributed by atoms with Crippen LogP contribution in [0.1, 0.15) is 0 Å². The van der Waals surface area contributed by atoms with E-state index in [-0.39, 0.29) is 64.8 Å². The molecule has 0 N–H and O–H groups in total. The summed E-state index contributed by atoms with van der Waals surface area (Å²) in [5.74, 6) is 0. The van der Waals surface area contributed by atoms with E-state index in [1.54, 1.807) is 0 Å². The summed E-state index contributed by atoms with van der Waals surface area (Å²) in [5, 5.41) is 25.2. The second-order valence-electron chi connectivity index (χ2n) is 0.289. The Morgan fingerprint density at radius 3 is 1.00 bits per heavy atom. The maximum Gasteiger partial charge on any atom is 3.00 e.